The van der Waals surface area contributed by atoms with Crippen LogP contribution in [0.3, 0.4) is 0 Å². The summed E-state index contributed by atoms with van der Waals surface area (Å²) in [6, 6.07) is 16.7. The Morgan fingerprint density at radius 3 is 2.42 bits per heavy atom. The van der Waals surface area contributed by atoms with Gasteiger partial charge in [-0.2, -0.15) is 0 Å². The molecule has 0 saturated carbocycles. The van der Waals surface area contributed by atoms with Gasteiger partial charge >= 0.3 is 0 Å². The van der Waals surface area contributed by atoms with Gasteiger partial charge in [0.15, 0.2) is 5.78 Å². The van der Waals surface area contributed by atoms with Crippen molar-refractivity contribution in [2.75, 3.05) is 13.2 Å². The van der Waals surface area contributed by atoms with Crippen molar-refractivity contribution < 1.29 is 15.0 Å². The van der Waals surface area contributed by atoms with Crippen molar-refractivity contribution in [3.05, 3.63) is 89.0 Å². The number of aliphatic hydroxyl groups excluding tert-OH is 2. The molecule has 24 heavy (non-hydrogen) atoms. The number of ketones is 1. The Morgan fingerprint density at radius 2 is 1.71 bits per heavy atom. The van der Waals surface area contributed by atoms with Crippen LogP contribution in [0.25, 0.3) is 5.57 Å². The molecule has 0 aliphatic heterocycles. The Balaban J connectivity index is 2.04. The van der Waals surface area contributed by atoms with E-state index in [9.17, 15) is 15.0 Å². The lowest BCUT2D eigenvalue weighted by atomic mass is 9.87. The van der Waals surface area contributed by atoms with Crippen LogP contribution in [-0.4, -0.2) is 29.2 Å². The van der Waals surface area contributed by atoms with Crippen LogP contribution in [0.15, 0.2) is 72.3 Å². The average Bonchev–Trinajstić information content (AvgIpc) is 3.12. The van der Waals surface area contributed by atoms with E-state index in [4.69, 9.17) is 0 Å². The molecule has 1 atom stereocenters. The predicted octanol–water partition coefficient (Wildman–Crippen LogP) is 3.35. The van der Waals surface area contributed by atoms with Crippen LogP contribution in [0, 0.1) is 0 Å². The molecule has 1 aliphatic rings. The van der Waals surface area contributed by atoms with E-state index in [0.717, 1.165) is 22.3 Å². The Labute approximate surface area is 141 Å². The van der Waals surface area contributed by atoms with E-state index in [1.165, 1.54) is 0 Å². The Morgan fingerprint density at radius 1 is 1.00 bits per heavy atom. The maximum atomic E-state index is 13.1. The van der Waals surface area contributed by atoms with Crippen molar-refractivity contribution in [1.82, 2.24) is 0 Å². The average molecular weight is 320 g/mol. The number of allylic oxidation sites excluding steroid dienone is 3. The number of hydrogen-bond acceptors (Lipinski definition) is 3. The third kappa shape index (κ3) is 3.09. The first-order valence-electron chi connectivity index (χ1n) is 8.05. The van der Waals surface area contributed by atoms with E-state index < -0.39 is 5.92 Å². The summed E-state index contributed by atoms with van der Waals surface area (Å²) >= 11 is 0. The fraction of sp³-hybridized carbons (Fsp3) is 0.190. The minimum absolute atomic E-state index is 0.0209. The molecular weight excluding hydrogens is 300 g/mol. The van der Waals surface area contributed by atoms with Gasteiger partial charge < -0.3 is 10.2 Å². The zero-order valence-corrected chi connectivity index (χ0v) is 13.4. The quantitative estimate of drug-likeness (QED) is 0.803. The zero-order chi connectivity index (χ0) is 16.9. The van der Waals surface area contributed by atoms with Crippen molar-refractivity contribution in [2.45, 2.75) is 12.3 Å². The van der Waals surface area contributed by atoms with Crippen LogP contribution in [0.4, 0.5) is 0 Å². The Hall–Kier alpha value is -2.49. The van der Waals surface area contributed by atoms with E-state index in [0.29, 0.717) is 12.0 Å². The van der Waals surface area contributed by atoms with Crippen molar-refractivity contribution in [2.24, 2.45) is 0 Å². The summed E-state index contributed by atoms with van der Waals surface area (Å²) in [7, 11) is 0. The fourth-order valence-corrected chi connectivity index (χ4v) is 3.12. The molecule has 0 fully saturated rings. The second-order valence-electron chi connectivity index (χ2n) is 5.84. The van der Waals surface area contributed by atoms with Crippen LogP contribution in [-0.2, 0) is 0 Å². The van der Waals surface area contributed by atoms with Gasteiger partial charge in [0, 0.05) is 5.56 Å². The van der Waals surface area contributed by atoms with Crippen molar-refractivity contribution in [3.63, 3.8) is 0 Å². The van der Waals surface area contributed by atoms with Gasteiger partial charge in [0.25, 0.3) is 0 Å². The minimum Gasteiger partial charge on any atom is -0.395 e. The lowest BCUT2D eigenvalue weighted by molar-refractivity contribution is 0.0922. The van der Waals surface area contributed by atoms with E-state index in [2.05, 4.69) is 0 Å². The monoisotopic (exact) mass is 320 g/mol. The van der Waals surface area contributed by atoms with Gasteiger partial charge in [0.1, 0.15) is 0 Å². The number of Topliss-reactive ketones (excluding diaryl/α,β-unsaturated/α-hetero) is 1. The minimum atomic E-state index is -0.587. The number of carbonyl (C=O) groups is 1. The largest absolute Gasteiger partial charge is 0.395 e. The van der Waals surface area contributed by atoms with Crippen LogP contribution in [0.5, 0.6) is 0 Å². The first kappa shape index (κ1) is 16.4. The molecule has 1 aliphatic carbocycles. The SMILES string of the molecule is O=C(c1ccccc1C1=C(CO)CC=C1)C(CO)c1ccccc1. The number of aliphatic hydroxyl groups is 2. The summed E-state index contributed by atoms with van der Waals surface area (Å²) in [5.41, 5.74) is 4.02. The van der Waals surface area contributed by atoms with Gasteiger partial charge in [-0.25, -0.2) is 0 Å². The molecule has 0 spiro atoms. The number of hydrogen-bond donors (Lipinski definition) is 2. The molecule has 3 nitrogen and oxygen atoms in total. The molecule has 0 heterocycles. The summed E-state index contributed by atoms with van der Waals surface area (Å²) in [6.45, 7) is -0.258. The van der Waals surface area contributed by atoms with Crippen molar-refractivity contribution >= 4 is 11.4 Å². The molecule has 3 rings (SSSR count). The normalized spacial score (nSPS) is 14.9. The van der Waals surface area contributed by atoms with Crippen LogP contribution in [0.1, 0.15) is 33.8 Å². The number of benzene rings is 2. The Bertz CT molecular complexity index is 788. The topological polar surface area (TPSA) is 57.5 Å². The van der Waals surface area contributed by atoms with Crippen LogP contribution < -0.4 is 0 Å². The highest BCUT2D eigenvalue weighted by Crippen LogP contribution is 2.32. The third-order valence-electron chi connectivity index (χ3n) is 4.40. The van der Waals surface area contributed by atoms with Gasteiger partial charge in [-0.1, -0.05) is 66.7 Å². The highest BCUT2D eigenvalue weighted by molar-refractivity contribution is 6.06. The van der Waals surface area contributed by atoms with Gasteiger partial charge in [0.05, 0.1) is 19.1 Å². The molecule has 2 N–H and O–H groups in total. The molecule has 0 radical (unpaired) electrons. The standard InChI is InChI=1S/C21H20O3/c22-13-16-9-6-12-17(16)18-10-4-5-11-19(18)21(24)20(14-23)15-7-2-1-3-8-15/h1-8,10-12,20,22-23H,9,13-14H2. The predicted molar refractivity (Wildman–Crippen MR) is 94.8 cm³/mol. The molecule has 1 unspecified atom stereocenters. The maximum absolute atomic E-state index is 13.1. The maximum Gasteiger partial charge on any atom is 0.173 e. The van der Waals surface area contributed by atoms with Crippen molar-refractivity contribution in [1.29, 1.82) is 0 Å². The van der Waals surface area contributed by atoms with E-state index >= 15 is 0 Å². The number of rotatable bonds is 6. The van der Waals surface area contributed by atoms with E-state index in [-0.39, 0.29) is 19.0 Å². The first-order valence-corrected chi connectivity index (χ1v) is 8.05. The van der Waals surface area contributed by atoms with Gasteiger partial charge in [0.2, 0.25) is 0 Å². The highest BCUT2D eigenvalue weighted by Gasteiger charge is 2.25. The Kier molecular flexibility index (Phi) is 5.04. The van der Waals surface area contributed by atoms with E-state index in [1.54, 1.807) is 6.07 Å². The smallest absolute Gasteiger partial charge is 0.173 e. The third-order valence-corrected chi connectivity index (χ3v) is 4.40. The van der Waals surface area contributed by atoms with E-state index in [1.807, 2.05) is 60.7 Å². The highest BCUT2D eigenvalue weighted by atomic mass is 16.3. The summed E-state index contributed by atoms with van der Waals surface area (Å²) in [5.74, 6) is -0.694. The van der Waals surface area contributed by atoms with Crippen LogP contribution >= 0.6 is 0 Å². The molecular formula is C21H20O3. The molecule has 0 saturated heterocycles. The number of carbonyl (C=O) groups excluding carboxylic acids is 1. The lowest BCUT2D eigenvalue weighted by Crippen LogP contribution is -2.18. The summed E-state index contributed by atoms with van der Waals surface area (Å²) in [6.07, 6.45) is 4.65. The molecule has 122 valence electrons. The fourth-order valence-electron chi connectivity index (χ4n) is 3.12. The summed E-state index contributed by atoms with van der Waals surface area (Å²) in [4.78, 5) is 13.1. The zero-order valence-electron chi connectivity index (χ0n) is 13.4. The summed E-state index contributed by atoms with van der Waals surface area (Å²) in [5, 5.41) is 19.3. The summed E-state index contributed by atoms with van der Waals surface area (Å²) < 4.78 is 0. The second-order valence-corrected chi connectivity index (χ2v) is 5.84. The molecule has 0 aromatic heterocycles. The first-order chi connectivity index (χ1) is 11.8. The van der Waals surface area contributed by atoms with Gasteiger partial charge in [-0.05, 0) is 28.7 Å². The molecule has 3 heteroatoms. The molecule has 2 aromatic rings. The lowest BCUT2D eigenvalue weighted by Gasteiger charge is -2.17. The van der Waals surface area contributed by atoms with Gasteiger partial charge in [-0.15, -0.1) is 0 Å². The molecule has 2 aromatic carbocycles. The molecule has 0 bridgehead atoms. The molecule has 0 amide bonds. The second kappa shape index (κ2) is 7.39. The van der Waals surface area contributed by atoms with Gasteiger partial charge in [-0.3, -0.25) is 4.79 Å². The van der Waals surface area contributed by atoms with Crippen molar-refractivity contribution in [3.8, 4) is 0 Å². The van der Waals surface area contributed by atoms with Crippen LogP contribution in [0.2, 0.25) is 0 Å².